The number of hydrogen-bond acceptors (Lipinski definition) is 2. The third-order valence-corrected chi connectivity index (χ3v) is 2.68. The summed E-state index contributed by atoms with van der Waals surface area (Å²) in [5.74, 6) is 0. The molecule has 56 valence electrons. The Morgan fingerprint density at radius 2 is 1.73 bits per heavy atom. The molecule has 0 unspecified atom stereocenters. The minimum Gasteiger partial charge on any atom is -0.282 e. The summed E-state index contributed by atoms with van der Waals surface area (Å²) in [5.41, 5.74) is 3.29. The first kappa shape index (κ1) is 7.81. The van der Waals surface area contributed by atoms with Gasteiger partial charge < -0.3 is 0 Å². The van der Waals surface area contributed by atoms with E-state index in [1.54, 1.807) is 35.7 Å². The zero-order chi connectivity index (χ0) is 8.10. The quantitative estimate of drug-likeness (QED) is 0.328. The zero-order valence-electron chi connectivity index (χ0n) is 5.81. The molecule has 0 aromatic rings. The van der Waals surface area contributed by atoms with Crippen molar-refractivity contribution in [3.63, 3.8) is 0 Å². The smallest absolute Gasteiger partial charge is 0.282 e. The predicted molar refractivity (Wildman–Crippen MR) is 46.2 cm³/mol. The second kappa shape index (κ2) is 3.77. The summed E-state index contributed by atoms with van der Waals surface area (Å²) in [6.07, 6.45) is 8.86. The van der Waals surface area contributed by atoms with E-state index in [0.29, 0.717) is 0 Å². The van der Waals surface area contributed by atoms with Crippen molar-refractivity contribution >= 4 is 14.2 Å². The average Bonchev–Trinajstić information content (AvgIpc) is 1.84. The Labute approximate surface area is 65.8 Å². The molecule has 1 rings (SSSR count). The third kappa shape index (κ3) is 2.43. The lowest BCUT2D eigenvalue weighted by Gasteiger charge is -1.87. The van der Waals surface area contributed by atoms with E-state index in [2.05, 4.69) is 0 Å². The summed E-state index contributed by atoms with van der Waals surface area (Å²) in [4.78, 5) is 10.3. The first-order valence-electron chi connectivity index (χ1n) is 3.17. The summed E-state index contributed by atoms with van der Waals surface area (Å²) in [6, 6.07) is 0. The van der Waals surface area contributed by atoms with Gasteiger partial charge in [-0.1, -0.05) is 30.4 Å². The molecule has 0 radical (unpaired) electrons. The highest BCUT2D eigenvalue weighted by Crippen LogP contribution is 1.86. The average molecular weight is 165 g/mol. The van der Waals surface area contributed by atoms with E-state index in [0.717, 1.165) is 0 Å². The van der Waals surface area contributed by atoms with Crippen LogP contribution in [0.3, 0.4) is 0 Å². The molecule has 0 amide bonds. The molecule has 1 aliphatic rings. The summed E-state index contributed by atoms with van der Waals surface area (Å²) < 4.78 is -0.231. The van der Waals surface area contributed by atoms with Crippen molar-refractivity contribution in [2.24, 2.45) is 0 Å². The lowest BCUT2D eigenvalue weighted by atomic mass is 10.4. The van der Waals surface area contributed by atoms with E-state index in [1.807, 2.05) is 6.08 Å². The number of rotatable bonds is 1. The molecular formula is C7H7NO2Si. The maximum atomic E-state index is 10.3. The van der Waals surface area contributed by atoms with E-state index >= 15 is 0 Å². The Kier molecular flexibility index (Phi) is 2.68. The molecule has 0 fully saturated rings. The fourth-order valence-electron chi connectivity index (χ4n) is 0.678. The minimum absolute atomic E-state index is 0.231. The maximum absolute atomic E-state index is 10.3. The normalized spacial score (nSPS) is 28.9. The lowest BCUT2D eigenvalue weighted by molar-refractivity contribution is -0.321. The molecule has 0 saturated carbocycles. The van der Waals surface area contributed by atoms with Crippen molar-refractivity contribution in [3.05, 3.63) is 46.2 Å². The van der Waals surface area contributed by atoms with Crippen LogP contribution in [-0.2, 0) is 0 Å². The van der Waals surface area contributed by atoms with Gasteiger partial charge in [-0.05, 0) is 16.0 Å². The number of nitro groups is 1. The number of nitrogens with zero attached hydrogens (tertiary/aromatic N) is 1. The molecule has 1 heterocycles. The van der Waals surface area contributed by atoms with Crippen molar-refractivity contribution in [1.29, 1.82) is 0 Å². The van der Waals surface area contributed by atoms with Crippen LogP contribution in [0.5, 0.6) is 0 Å². The number of hydrogen-bond donors (Lipinski definition) is 0. The van der Waals surface area contributed by atoms with E-state index in [-0.39, 0.29) is 4.59 Å². The molecule has 0 atom stereocenters. The Morgan fingerprint density at radius 3 is 2.45 bits per heavy atom. The summed E-state index contributed by atoms with van der Waals surface area (Å²) >= 11 is 0. The Bertz CT molecular complexity index is 276. The fraction of sp³-hybridized carbons (Fsp3) is 0. The molecule has 11 heavy (non-hydrogen) atoms. The Balaban J connectivity index is 2.87. The van der Waals surface area contributed by atoms with Gasteiger partial charge in [-0.2, -0.15) is 0 Å². The zero-order valence-corrected chi connectivity index (χ0v) is 6.81. The second-order valence-corrected chi connectivity index (χ2v) is 3.86. The first-order valence-corrected chi connectivity index (χ1v) is 4.77. The minimum atomic E-state index is -1.65. The van der Waals surface area contributed by atoms with Crippen LogP contribution in [-0.4, -0.2) is 18.8 Å². The Hall–Kier alpha value is -1.29. The van der Waals surface area contributed by atoms with Crippen LogP contribution < -0.4 is 0 Å². The first-order chi connectivity index (χ1) is 5.30. The lowest BCUT2D eigenvalue weighted by Crippen LogP contribution is -2.14. The summed E-state index contributed by atoms with van der Waals surface area (Å²) in [7, 11) is -1.65. The van der Waals surface area contributed by atoms with Crippen LogP contribution in [0.4, 0.5) is 0 Å². The van der Waals surface area contributed by atoms with E-state index in [1.165, 1.54) is 0 Å². The van der Waals surface area contributed by atoms with Gasteiger partial charge in [0.15, 0.2) is 0 Å². The standard InChI is InChI=1S/C7H7NO2Si/c9-8(10)11-6-4-2-1-3-5-7-11/h1-7H/b2-1-,3-1?,4-2?,5-3-,6-4-,7-5?,11-6?,11-7+. The van der Waals surface area contributed by atoms with E-state index < -0.39 is 8.57 Å². The number of allylic oxidation sites excluding steroid dienone is 5. The predicted octanol–water partition coefficient (Wildman–Crippen LogP) is 0.860. The maximum Gasteiger partial charge on any atom is 0.471 e. The molecule has 0 spiro atoms. The molecule has 0 aromatic heterocycles. The van der Waals surface area contributed by atoms with Crippen molar-refractivity contribution in [3.8, 4) is 0 Å². The van der Waals surface area contributed by atoms with Gasteiger partial charge in [-0.15, -0.1) is 0 Å². The van der Waals surface area contributed by atoms with Crippen LogP contribution in [0.2, 0.25) is 0 Å². The molecule has 1 aliphatic heterocycles. The fourth-order valence-corrected chi connectivity index (χ4v) is 1.65. The van der Waals surface area contributed by atoms with Crippen molar-refractivity contribution in [1.82, 2.24) is 0 Å². The van der Waals surface area contributed by atoms with E-state index in [4.69, 9.17) is 0 Å². The summed E-state index contributed by atoms with van der Waals surface area (Å²) in [5, 5.41) is 10.3. The highest BCUT2D eigenvalue weighted by atomic mass is 28.2. The van der Waals surface area contributed by atoms with Crippen LogP contribution in [0.15, 0.2) is 36.1 Å². The topological polar surface area (TPSA) is 43.1 Å². The molecule has 0 aromatic carbocycles. The van der Waals surface area contributed by atoms with Crippen molar-refractivity contribution in [2.75, 3.05) is 0 Å². The second-order valence-electron chi connectivity index (χ2n) is 1.98. The molecule has 0 bridgehead atoms. The third-order valence-electron chi connectivity index (χ3n) is 1.19. The SMILES string of the molecule is O=[N+]([O-])[Si]1=C/C=C\C=C/C=C\1. The van der Waals surface area contributed by atoms with Crippen LogP contribution in [0, 0.1) is 10.1 Å². The van der Waals surface area contributed by atoms with Gasteiger partial charge in [0.1, 0.15) is 0 Å². The van der Waals surface area contributed by atoms with Gasteiger partial charge in [0.05, 0.1) is 0 Å². The van der Waals surface area contributed by atoms with Gasteiger partial charge in [0.2, 0.25) is 0 Å². The van der Waals surface area contributed by atoms with Gasteiger partial charge in [0, 0.05) is 0 Å². The molecular weight excluding hydrogens is 158 g/mol. The van der Waals surface area contributed by atoms with Gasteiger partial charge in [0.25, 0.3) is 0 Å². The van der Waals surface area contributed by atoms with Crippen LogP contribution >= 0.6 is 0 Å². The highest BCUT2D eigenvalue weighted by Gasteiger charge is 2.07. The molecule has 0 aliphatic carbocycles. The largest absolute Gasteiger partial charge is 0.471 e. The summed E-state index contributed by atoms with van der Waals surface area (Å²) in [6.45, 7) is 0. The van der Waals surface area contributed by atoms with Crippen molar-refractivity contribution < 1.29 is 4.59 Å². The van der Waals surface area contributed by atoms with Gasteiger partial charge in [-0.25, -0.2) is 0 Å². The van der Waals surface area contributed by atoms with E-state index in [9.17, 15) is 10.1 Å². The monoisotopic (exact) mass is 165 g/mol. The molecule has 4 heteroatoms. The molecule has 0 saturated heterocycles. The van der Waals surface area contributed by atoms with Gasteiger partial charge in [-0.3, -0.25) is 10.1 Å². The Morgan fingerprint density at radius 1 is 1.09 bits per heavy atom. The van der Waals surface area contributed by atoms with Crippen LogP contribution in [0.25, 0.3) is 0 Å². The van der Waals surface area contributed by atoms with Crippen molar-refractivity contribution in [2.45, 2.75) is 0 Å². The van der Waals surface area contributed by atoms with Gasteiger partial charge >= 0.3 is 8.57 Å². The molecule has 0 N–H and O–H groups in total. The highest BCUT2D eigenvalue weighted by molar-refractivity contribution is 6.65. The molecule has 3 nitrogen and oxygen atoms in total. The van der Waals surface area contributed by atoms with Crippen LogP contribution in [0.1, 0.15) is 0 Å².